The third kappa shape index (κ3) is 20.5. The summed E-state index contributed by atoms with van der Waals surface area (Å²) in [6.07, 6.45) is 28.5. The van der Waals surface area contributed by atoms with Gasteiger partial charge in [-0.15, -0.1) is 11.6 Å². The lowest BCUT2D eigenvalue weighted by Crippen LogP contribution is -2.02. The van der Waals surface area contributed by atoms with E-state index >= 15 is 0 Å². The number of unbranched alkanes of at least 4 members (excludes halogenated alkanes) is 16. The van der Waals surface area contributed by atoms with E-state index in [9.17, 15) is 0 Å². The van der Waals surface area contributed by atoms with Crippen molar-refractivity contribution in [3.63, 3.8) is 0 Å². The summed E-state index contributed by atoms with van der Waals surface area (Å²) in [4.78, 5) is 0. The average molecular weight is 373 g/mol. The summed E-state index contributed by atoms with van der Waals surface area (Å²) in [6.45, 7) is 4.59. The van der Waals surface area contributed by atoms with Gasteiger partial charge in [-0.1, -0.05) is 129 Å². The average Bonchev–Trinajstić information content (AvgIpc) is 2.63. The SMILES string of the molecule is CCCCCCCCCCCCC(CCl)CCCCCCCCCC. The molecule has 0 bridgehead atoms. The van der Waals surface area contributed by atoms with Crippen molar-refractivity contribution in [3.05, 3.63) is 0 Å². The second-order valence-corrected chi connectivity index (χ2v) is 8.56. The summed E-state index contributed by atoms with van der Waals surface area (Å²) < 4.78 is 0. The van der Waals surface area contributed by atoms with Gasteiger partial charge in [0.15, 0.2) is 0 Å². The van der Waals surface area contributed by atoms with Crippen LogP contribution in [0, 0.1) is 5.92 Å². The van der Waals surface area contributed by atoms with Crippen LogP contribution in [-0.4, -0.2) is 5.88 Å². The Morgan fingerprint density at radius 2 is 0.720 bits per heavy atom. The lowest BCUT2D eigenvalue weighted by molar-refractivity contribution is 0.434. The van der Waals surface area contributed by atoms with Crippen LogP contribution in [0.25, 0.3) is 0 Å². The molecule has 0 saturated carbocycles. The third-order valence-corrected chi connectivity index (χ3v) is 6.09. The topological polar surface area (TPSA) is 0 Å². The summed E-state index contributed by atoms with van der Waals surface area (Å²) in [6, 6.07) is 0. The summed E-state index contributed by atoms with van der Waals surface area (Å²) in [5.41, 5.74) is 0. The largest absolute Gasteiger partial charge is 0.126 e. The standard InChI is InChI=1S/C24H49Cl/c1-3-5-7-9-11-13-14-16-18-20-22-24(23-25)21-19-17-15-12-10-8-6-4-2/h24H,3-23H2,1-2H3. The first-order valence-electron chi connectivity index (χ1n) is 11.9. The van der Waals surface area contributed by atoms with Gasteiger partial charge in [0, 0.05) is 5.88 Å². The van der Waals surface area contributed by atoms with Crippen LogP contribution in [0.1, 0.15) is 142 Å². The minimum absolute atomic E-state index is 0.788. The molecule has 0 nitrogen and oxygen atoms in total. The minimum atomic E-state index is 0.788. The van der Waals surface area contributed by atoms with E-state index in [0.717, 1.165) is 11.8 Å². The first kappa shape index (κ1) is 25.3. The van der Waals surface area contributed by atoms with E-state index in [-0.39, 0.29) is 0 Å². The Hall–Kier alpha value is 0.290. The van der Waals surface area contributed by atoms with E-state index in [4.69, 9.17) is 11.6 Å². The molecule has 0 radical (unpaired) electrons. The fourth-order valence-corrected chi connectivity index (χ4v) is 4.09. The quantitative estimate of drug-likeness (QED) is 0.139. The van der Waals surface area contributed by atoms with Gasteiger partial charge in [-0.3, -0.25) is 0 Å². The highest BCUT2D eigenvalue weighted by Crippen LogP contribution is 2.20. The van der Waals surface area contributed by atoms with Crippen LogP contribution >= 0.6 is 11.6 Å². The second-order valence-electron chi connectivity index (χ2n) is 8.25. The lowest BCUT2D eigenvalue weighted by Gasteiger charge is -2.13. The number of rotatable bonds is 21. The van der Waals surface area contributed by atoms with Crippen LogP contribution in [0.5, 0.6) is 0 Å². The molecule has 0 N–H and O–H groups in total. The maximum atomic E-state index is 6.19. The number of alkyl halides is 1. The van der Waals surface area contributed by atoms with Gasteiger partial charge >= 0.3 is 0 Å². The molecule has 1 unspecified atom stereocenters. The van der Waals surface area contributed by atoms with E-state index in [0.29, 0.717) is 0 Å². The van der Waals surface area contributed by atoms with Gasteiger partial charge in [0.25, 0.3) is 0 Å². The van der Waals surface area contributed by atoms with Crippen LogP contribution in [0.2, 0.25) is 0 Å². The summed E-state index contributed by atoms with van der Waals surface area (Å²) in [5, 5.41) is 0. The predicted molar refractivity (Wildman–Crippen MR) is 118 cm³/mol. The zero-order valence-electron chi connectivity index (χ0n) is 17.8. The van der Waals surface area contributed by atoms with Crippen molar-refractivity contribution in [1.82, 2.24) is 0 Å². The third-order valence-electron chi connectivity index (χ3n) is 5.65. The molecule has 0 spiro atoms. The van der Waals surface area contributed by atoms with Crippen molar-refractivity contribution in [2.45, 2.75) is 142 Å². The molecule has 0 heterocycles. The van der Waals surface area contributed by atoms with Gasteiger partial charge in [-0.2, -0.15) is 0 Å². The van der Waals surface area contributed by atoms with Gasteiger partial charge in [-0.25, -0.2) is 0 Å². The first-order chi connectivity index (χ1) is 12.3. The van der Waals surface area contributed by atoms with Crippen LogP contribution in [0.3, 0.4) is 0 Å². The molecule has 1 atom stereocenters. The summed E-state index contributed by atoms with van der Waals surface area (Å²) >= 11 is 6.19. The van der Waals surface area contributed by atoms with Crippen LogP contribution in [0.4, 0.5) is 0 Å². The highest BCUT2D eigenvalue weighted by atomic mass is 35.5. The Morgan fingerprint density at radius 1 is 0.440 bits per heavy atom. The van der Waals surface area contributed by atoms with Crippen molar-refractivity contribution in [3.8, 4) is 0 Å². The Labute approximate surface area is 165 Å². The second kappa shape index (κ2) is 22.3. The van der Waals surface area contributed by atoms with Crippen molar-refractivity contribution < 1.29 is 0 Å². The molecule has 0 aromatic carbocycles. The molecule has 0 amide bonds. The van der Waals surface area contributed by atoms with E-state index < -0.39 is 0 Å². The Morgan fingerprint density at radius 3 is 1.00 bits per heavy atom. The Bertz CT molecular complexity index is 226. The normalized spacial score (nSPS) is 12.6. The summed E-state index contributed by atoms with van der Waals surface area (Å²) in [5.74, 6) is 1.67. The molecular formula is C24H49Cl. The molecule has 0 aliphatic carbocycles. The molecule has 0 aromatic rings. The van der Waals surface area contributed by atoms with Crippen molar-refractivity contribution in [2.24, 2.45) is 5.92 Å². The smallest absolute Gasteiger partial charge is 0.0251 e. The molecule has 0 rings (SSSR count). The summed E-state index contributed by atoms with van der Waals surface area (Å²) in [7, 11) is 0. The molecule has 25 heavy (non-hydrogen) atoms. The Balaban J connectivity index is 3.28. The van der Waals surface area contributed by atoms with Crippen molar-refractivity contribution >= 4 is 11.6 Å². The van der Waals surface area contributed by atoms with Crippen molar-refractivity contribution in [2.75, 3.05) is 5.88 Å². The van der Waals surface area contributed by atoms with Gasteiger partial charge in [0.1, 0.15) is 0 Å². The Kier molecular flexibility index (Phi) is 22.6. The van der Waals surface area contributed by atoms with E-state index in [2.05, 4.69) is 13.8 Å². The fraction of sp³-hybridized carbons (Fsp3) is 1.00. The minimum Gasteiger partial charge on any atom is -0.126 e. The van der Waals surface area contributed by atoms with Crippen LogP contribution < -0.4 is 0 Å². The first-order valence-corrected chi connectivity index (χ1v) is 12.4. The predicted octanol–water partition coefficient (Wildman–Crippen LogP) is 9.68. The highest BCUT2D eigenvalue weighted by Gasteiger charge is 2.07. The molecule has 0 aliphatic heterocycles. The number of hydrogen-bond acceptors (Lipinski definition) is 0. The van der Waals surface area contributed by atoms with Gasteiger partial charge in [-0.05, 0) is 18.8 Å². The molecule has 0 fully saturated rings. The number of halogens is 1. The molecular weight excluding hydrogens is 324 g/mol. The molecule has 152 valence electrons. The fourth-order valence-electron chi connectivity index (χ4n) is 3.79. The van der Waals surface area contributed by atoms with Gasteiger partial charge in [0.2, 0.25) is 0 Å². The zero-order chi connectivity index (χ0) is 18.4. The number of hydrogen-bond donors (Lipinski definition) is 0. The molecule has 0 aliphatic rings. The van der Waals surface area contributed by atoms with Crippen LogP contribution in [0.15, 0.2) is 0 Å². The van der Waals surface area contributed by atoms with Gasteiger partial charge < -0.3 is 0 Å². The molecule has 1 heteroatoms. The maximum absolute atomic E-state index is 6.19. The van der Waals surface area contributed by atoms with E-state index in [1.807, 2.05) is 0 Å². The highest BCUT2D eigenvalue weighted by molar-refractivity contribution is 6.18. The van der Waals surface area contributed by atoms with Crippen molar-refractivity contribution in [1.29, 1.82) is 0 Å². The van der Waals surface area contributed by atoms with E-state index in [1.54, 1.807) is 0 Å². The monoisotopic (exact) mass is 372 g/mol. The zero-order valence-corrected chi connectivity index (χ0v) is 18.6. The maximum Gasteiger partial charge on any atom is 0.0251 e. The lowest BCUT2D eigenvalue weighted by atomic mass is 9.95. The van der Waals surface area contributed by atoms with Gasteiger partial charge in [0.05, 0.1) is 0 Å². The molecule has 0 saturated heterocycles. The molecule has 0 aromatic heterocycles. The van der Waals surface area contributed by atoms with E-state index in [1.165, 1.54) is 128 Å². The van der Waals surface area contributed by atoms with Crippen LogP contribution in [-0.2, 0) is 0 Å².